The van der Waals surface area contributed by atoms with Crippen molar-refractivity contribution < 1.29 is 0 Å². The lowest BCUT2D eigenvalue weighted by Crippen LogP contribution is -2.37. The van der Waals surface area contributed by atoms with E-state index < -0.39 is 11.2 Å². The Morgan fingerprint density at radius 2 is 1.50 bits per heavy atom. The number of aromatic nitrogens is 4. The van der Waals surface area contributed by atoms with Crippen molar-refractivity contribution in [2.24, 2.45) is 14.1 Å². The number of hydrogen-bond acceptors (Lipinski definition) is 4. The molecule has 2 aromatic carbocycles. The molecule has 7 nitrogen and oxygen atoms in total. The molecule has 2 heterocycles. The Labute approximate surface area is 182 Å². The molecule has 30 heavy (non-hydrogen) atoms. The van der Waals surface area contributed by atoms with Crippen molar-refractivity contribution >= 4 is 40.3 Å². The molecule has 0 bridgehead atoms. The first kappa shape index (κ1) is 20.3. The average Bonchev–Trinajstić information content (AvgIpc) is 3.10. The monoisotopic (exact) mass is 443 g/mol. The van der Waals surface area contributed by atoms with Gasteiger partial charge in [0.1, 0.15) is 0 Å². The first-order chi connectivity index (χ1) is 14.4. The van der Waals surface area contributed by atoms with Crippen LogP contribution in [0.5, 0.6) is 0 Å². The standard InChI is InChI=1S/C21H19Cl2N5O2/c1-26-18-17(19(29)27(2)21(26)30)28(12-14-8-4-6-10-16(14)23)20(25-18)24-11-13-7-3-5-9-15(13)22/h3-10H,11-12H2,1-2H3,(H,24,25). The number of anilines is 1. The quantitative estimate of drug-likeness (QED) is 0.512. The summed E-state index contributed by atoms with van der Waals surface area (Å²) in [4.78, 5) is 29.9. The fraction of sp³-hybridized carbons (Fsp3) is 0.190. The number of benzene rings is 2. The van der Waals surface area contributed by atoms with Gasteiger partial charge in [-0.05, 0) is 23.3 Å². The van der Waals surface area contributed by atoms with E-state index in [0.717, 1.165) is 15.7 Å². The molecule has 2 aromatic heterocycles. The molecule has 0 saturated heterocycles. The van der Waals surface area contributed by atoms with Gasteiger partial charge >= 0.3 is 5.69 Å². The smallest absolute Gasteiger partial charge is 0.332 e. The van der Waals surface area contributed by atoms with Gasteiger partial charge in [0.2, 0.25) is 5.95 Å². The number of halogens is 2. The molecule has 1 N–H and O–H groups in total. The molecule has 0 spiro atoms. The molecule has 9 heteroatoms. The zero-order valence-corrected chi connectivity index (χ0v) is 17.9. The van der Waals surface area contributed by atoms with Crippen LogP contribution in [0.3, 0.4) is 0 Å². The summed E-state index contributed by atoms with van der Waals surface area (Å²) in [5.74, 6) is 0.447. The number of rotatable bonds is 5. The average molecular weight is 444 g/mol. The van der Waals surface area contributed by atoms with Gasteiger partial charge in [-0.1, -0.05) is 59.6 Å². The fourth-order valence-electron chi connectivity index (χ4n) is 3.35. The SMILES string of the molecule is Cn1c(=O)c2c(nc(NCc3ccccc3Cl)n2Cc2ccccc2Cl)n(C)c1=O. The van der Waals surface area contributed by atoms with Gasteiger partial charge in [-0.15, -0.1) is 0 Å². The highest BCUT2D eigenvalue weighted by molar-refractivity contribution is 6.31. The third kappa shape index (κ3) is 3.51. The fourth-order valence-corrected chi connectivity index (χ4v) is 3.75. The van der Waals surface area contributed by atoms with Crippen LogP contribution in [-0.2, 0) is 27.2 Å². The Morgan fingerprint density at radius 1 is 0.900 bits per heavy atom. The molecule has 0 aliphatic heterocycles. The molecule has 0 aliphatic carbocycles. The Morgan fingerprint density at radius 3 is 2.13 bits per heavy atom. The van der Waals surface area contributed by atoms with Crippen LogP contribution in [0.15, 0.2) is 58.1 Å². The van der Waals surface area contributed by atoms with E-state index in [9.17, 15) is 9.59 Å². The lowest BCUT2D eigenvalue weighted by Gasteiger charge is -2.12. The topological polar surface area (TPSA) is 73.8 Å². The van der Waals surface area contributed by atoms with Crippen molar-refractivity contribution in [2.45, 2.75) is 13.1 Å². The normalized spacial score (nSPS) is 11.2. The van der Waals surface area contributed by atoms with Gasteiger partial charge in [-0.2, -0.15) is 4.98 Å². The molecular formula is C21H19Cl2N5O2. The van der Waals surface area contributed by atoms with E-state index in [1.807, 2.05) is 42.5 Å². The van der Waals surface area contributed by atoms with Gasteiger partial charge in [0.25, 0.3) is 5.56 Å². The van der Waals surface area contributed by atoms with Gasteiger partial charge in [0.05, 0.1) is 6.54 Å². The van der Waals surface area contributed by atoms with Crippen molar-refractivity contribution in [1.82, 2.24) is 18.7 Å². The summed E-state index contributed by atoms with van der Waals surface area (Å²) in [5, 5.41) is 4.46. The second-order valence-corrected chi connectivity index (χ2v) is 7.75. The summed E-state index contributed by atoms with van der Waals surface area (Å²) in [6, 6.07) is 14.9. The van der Waals surface area contributed by atoms with Crippen molar-refractivity contribution in [3.63, 3.8) is 0 Å². The van der Waals surface area contributed by atoms with E-state index >= 15 is 0 Å². The minimum atomic E-state index is -0.437. The zero-order chi connectivity index (χ0) is 21.4. The number of hydrogen-bond donors (Lipinski definition) is 1. The van der Waals surface area contributed by atoms with Crippen molar-refractivity contribution in [3.05, 3.63) is 90.5 Å². The van der Waals surface area contributed by atoms with Crippen molar-refractivity contribution in [1.29, 1.82) is 0 Å². The molecular weight excluding hydrogens is 425 g/mol. The van der Waals surface area contributed by atoms with E-state index in [1.54, 1.807) is 17.7 Å². The van der Waals surface area contributed by atoms with Crippen molar-refractivity contribution in [2.75, 3.05) is 5.32 Å². The Hall–Kier alpha value is -3.03. The summed E-state index contributed by atoms with van der Waals surface area (Å²) >= 11 is 12.6. The molecule has 0 radical (unpaired) electrons. The van der Waals surface area contributed by atoms with Crippen LogP contribution < -0.4 is 16.6 Å². The minimum Gasteiger partial charge on any atom is -0.351 e. The predicted molar refractivity (Wildman–Crippen MR) is 120 cm³/mol. The highest BCUT2D eigenvalue weighted by Crippen LogP contribution is 2.23. The van der Waals surface area contributed by atoms with E-state index in [4.69, 9.17) is 23.2 Å². The van der Waals surface area contributed by atoms with Gasteiger partial charge in [0, 0.05) is 30.7 Å². The maximum atomic E-state index is 12.9. The van der Waals surface area contributed by atoms with E-state index in [2.05, 4.69) is 10.3 Å². The minimum absolute atomic E-state index is 0.303. The van der Waals surface area contributed by atoms with Crippen LogP contribution in [0.4, 0.5) is 5.95 Å². The maximum Gasteiger partial charge on any atom is 0.332 e. The number of imidazole rings is 1. The highest BCUT2D eigenvalue weighted by atomic mass is 35.5. The van der Waals surface area contributed by atoms with Gasteiger partial charge in [0.15, 0.2) is 11.2 Å². The molecule has 0 atom stereocenters. The van der Waals surface area contributed by atoms with Crippen LogP contribution >= 0.6 is 23.2 Å². The molecule has 0 fully saturated rings. The Bertz CT molecular complexity index is 1370. The lowest BCUT2D eigenvalue weighted by molar-refractivity contribution is 0.702. The molecule has 0 unspecified atom stereocenters. The Kier molecular flexibility index (Phi) is 5.40. The lowest BCUT2D eigenvalue weighted by atomic mass is 10.2. The molecule has 0 amide bonds. The number of fused-ring (bicyclic) bond motifs is 1. The third-order valence-electron chi connectivity index (χ3n) is 5.03. The molecule has 154 valence electrons. The molecule has 0 aliphatic rings. The van der Waals surface area contributed by atoms with Gasteiger partial charge in [-0.25, -0.2) is 4.79 Å². The first-order valence-electron chi connectivity index (χ1n) is 9.25. The second-order valence-electron chi connectivity index (χ2n) is 6.94. The van der Waals surface area contributed by atoms with Crippen molar-refractivity contribution in [3.8, 4) is 0 Å². The van der Waals surface area contributed by atoms with Crippen LogP contribution in [0.2, 0.25) is 10.0 Å². The largest absolute Gasteiger partial charge is 0.351 e. The molecule has 0 saturated carbocycles. The highest BCUT2D eigenvalue weighted by Gasteiger charge is 2.20. The summed E-state index contributed by atoms with van der Waals surface area (Å²) in [7, 11) is 3.04. The predicted octanol–water partition coefficient (Wildman–Crippen LogP) is 3.40. The number of nitrogens with zero attached hydrogens (tertiary/aromatic N) is 4. The number of nitrogens with one attached hydrogen (secondary N) is 1. The van der Waals surface area contributed by atoms with Crippen LogP contribution in [0.25, 0.3) is 11.2 Å². The van der Waals surface area contributed by atoms with Gasteiger partial charge < -0.3 is 5.32 Å². The van der Waals surface area contributed by atoms with Crippen LogP contribution in [0, 0.1) is 0 Å². The second kappa shape index (κ2) is 8.01. The summed E-state index contributed by atoms with van der Waals surface area (Å²) in [6.45, 7) is 0.717. The van der Waals surface area contributed by atoms with Crippen LogP contribution in [-0.4, -0.2) is 18.7 Å². The number of aryl methyl sites for hydroxylation is 1. The first-order valence-corrected chi connectivity index (χ1v) is 10.0. The molecule has 4 rings (SSSR count). The summed E-state index contributed by atoms with van der Waals surface area (Å²) < 4.78 is 4.18. The van der Waals surface area contributed by atoms with E-state index in [0.29, 0.717) is 40.2 Å². The van der Waals surface area contributed by atoms with Crippen LogP contribution in [0.1, 0.15) is 11.1 Å². The summed E-state index contributed by atoms with van der Waals surface area (Å²) in [5.41, 5.74) is 1.48. The Balaban J connectivity index is 1.88. The van der Waals surface area contributed by atoms with E-state index in [1.165, 1.54) is 11.6 Å². The molecule has 4 aromatic rings. The zero-order valence-electron chi connectivity index (χ0n) is 16.4. The maximum absolute atomic E-state index is 12.9. The third-order valence-corrected chi connectivity index (χ3v) is 5.77. The van der Waals surface area contributed by atoms with E-state index in [-0.39, 0.29) is 0 Å². The van der Waals surface area contributed by atoms with Gasteiger partial charge in [-0.3, -0.25) is 18.5 Å². The summed E-state index contributed by atoms with van der Waals surface area (Å²) in [6.07, 6.45) is 0.